The molecule has 0 bridgehead atoms. The van der Waals surface area contributed by atoms with Gasteiger partial charge in [0.2, 0.25) is 0 Å². The van der Waals surface area contributed by atoms with Crippen LogP contribution in [-0.4, -0.2) is 49.8 Å². The molecule has 0 radical (unpaired) electrons. The van der Waals surface area contributed by atoms with E-state index >= 15 is 0 Å². The number of hydrogen-bond donors (Lipinski definition) is 4. The van der Waals surface area contributed by atoms with Gasteiger partial charge in [0.15, 0.2) is 6.23 Å². The minimum absolute atomic E-state index is 0. The highest BCUT2D eigenvalue weighted by molar-refractivity contribution is 5.85. The van der Waals surface area contributed by atoms with Crippen molar-refractivity contribution < 1.29 is 20.1 Å². The summed E-state index contributed by atoms with van der Waals surface area (Å²) in [7, 11) is 0. The number of hydrogen-bond acceptors (Lipinski definition) is 7. The maximum Gasteiger partial charge on any atom is 0.351 e. The van der Waals surface area contributed by atoms with Crippen LogP contribution in [-0.2, 0) is 4.74 Å². The Labute approximate surface area is 108 Å². The van der Waals surface area contributed by atoms with E-state index in [9.17, 15) is 20.1 Å². The average Bonchev–Trinajstić information content (AvgIpc) is 2.28. The van der Waals surface area contributed by atoms with Gasteiger partial charge in [-0.3, -0.25) is 4.57 Å². The summed E-state index contributed by atoms with van der Waals surface area (Å²) in [5.74, 6) is 0.0529. The van der Waals surface area contributed by atoms with Gasteiger partial charge in [-0.25, -0.2) is 4.79 Å². The van der Waals surface area contributed by atoms with E-state index in [4.69, 9.17) is 10.5 Å². The third-order valence-electron chi connectivity index (χ3n) is 2.60. The highest BCUT2D eigenvalue weighted by Crippen LogP contribution is 2.22. The standard InChI is InChI=1S/C9H13N3O5.ClH/c10-5-1-2-12(9(16)11-5)8-7(15)6(14)4(13)3-17-8;/h1-2,4,6-8,13-15H,3H2,(H2,10,11,16);1H/t4-,6-,7+,8?;/m1./s1. The lowest BCUT2D eigenvalue weighted by Gasteiger charge is -2.35. The van der Waals surface area contributed by atoms with Gasteiger partial charge in [-0.15, -0.1) is 12.4 Å². The van der Waals surface area contributed by atoms with Crippen LogP contribution in [0.3, 0.4) is 0 Å². The van der Waals surface area contributed by atoms with Crippen molar-refractivity contribution in [1.82, 2.24) is 9.55 Å². The topological polar surface area (TPSA) is 131 Å². The summed E-state index contributed by atoms with van der Waals surface area (Å²) in [6, 6.07) is 1.37. The second-order valence-electron chi connectivity index (χ2n) is 3.81. The Bertz CT molecular complexity index is 468. The molecular formula is C9H14ClN3O5. The number of halogens is 1. The molecule has 0 spiro atoms. The molecule has 102 valence electrons. The SMILES string of the molecule is Cl.Nc1ccn(C2OC[C@@H](O)[C@@H](O)[C@@H]2O)c(=O)n1. The molecule has 0 aromatic carbocycles. The van der Waals surface area contributed by atoms with Gasteiger partial charge >= 0.3 is 5.69 Å². The fraction of sp³-hybridized carbons (Fsp3) is 0.556. The minimum Gasteiger partial charge on any atom is -0.388 e. The van der Waals surface area contributed by atoms with E-state index in [1.54, 1.807) is 0 Å². The summed E-state index contributed by atoms with van der Waals surface area (Å²) >= 11 is 0. The first-order valence-corrected chi connectivity index (χ1v) is 5.01. The van der Waals surface area contributed by atoms with Gasteiger partial charge in [-0.2, -0.15) is 4.98 Å². The van der Waals surface area contributed by atoms with E-state index in [0.29, 0.717) is 0 Å². The number of nitrogens with two attached hydrogens (primary N) is 1. The Morgan fingerprint density at radius 1 is 1.39 bits per heavy atom. The van der Waals surface area contributed by atoms with E-state index in [1.807, 2.05) is 0 Å². The molecule has 1 aromatic rings. The molecule has 9 heteroatoms. The van der Waals surface area contributed by atoms with Crippen LogP contribution in [0.1, 0.15) is 6.23 Å². The van der Waals surface area contributed by atoms with Crippen molar-refractivity contribution in [3.05, 3.63) is 22.7 Å². The lowest BCUT2D eigenvalue weighted by Crippen LogP contribution is -2.52. The highest BCUT2D eigenvalue weighted by Gasteiger charge is 2.38. The first-order valence-electron chi connectivity index (χ1n) is 5.01. The molecule has 2 heterocycles. The Balaban J connectivity index is 0.00000162. The summed E-state index contributed by atoms with van der Waals surface area (Å²) in [5.41, 5.74) is 4.63. The maximum atomic E-state index is 11.5. The minimum atomic E-state index is -1.41. The molecule has 0 amide bonds. The smallest absolute Gasteiger partial charge is 0.351 e. The van der Waals surface area contributed by atoms with Crippen LogP contribution < -0.4 is 11.4 Å². The molecule has 0 saturated carbocycles. The molecule has 5 N–H and O–H groups in total. The Hall–Kier alpha value is -1.19. The molecule has 1 unspecified atom stereocenters. The number of aromatic nitrogens is 2. The molecule has 0 aliphatic carbocycles. The summed E-state index contributed by atoms with van der Waals surface area (Å²) in [6.45, 7) is -0.181. The summed E-state index contributed by atoms with van der Waals surface area (Å²) in [4.78, 5) is 15.0. The number of anilines is 1. The summed E-state index contributed by atoms with van der Waals surface area (Å²) < 4.78 is 6.11. The predicted molar refractivity (Wildman–Crippen MR) is 63.2 cm³/mol. The van der Waals surface area contributed by atoms with Crippen molar-refractivity contribution in [3.8, 4) is 0 Å². The lowest BCUT2D eigenvalue weighted by atomic mass is 10.0. The van der Waals surface area contributed by atoms with Crippen molar-refractivity contribution >= 4 is 18.2 Å². The van der Waals surface area contributed by atoms with Crippen molar-refractivity contribution in [2.45, 2.75) is 24.5 Å². The second-order valence-corrected chi connectivity index (χ2v) is 3.81. The van der Waals surface area contributed by atoms with Gasteiger partial charge in [0.1, 0.15) is 24.1 Å². The van der Waals surface area contributed by atoms with Crippen LogP contribution in [0.4, 0.5) is 5.82 Å². The summed E-state index contributed by atoms with van der Waals surface area (Å²) in [6.07, 6.45) is -3.75. The molecule has 18 heavy (non-hydrogen) atoms. The van der Waals surface area contributed by atoms with Crippen molar-refractivity contribution in [2.75, 3.05) is 12.3 Å². The Morgan fingerprint density at radius 2 is 2.06 bits per heavy atom. The highest BCUT2D eigenvalue weighted by atomic mass is 35.5. The van der Waals surface area contributed by atoms with Crippen LogP contribution in [0.25, 0.3) is 0 Å². The van der Waals surface area contributed by atoms with Gasteiger partial charge in [0.25, 0.3) is 0 Å². The predicted octanol–water partition coefficient (Wildman–Crippen LogP) is -2.14. The molecule has 1 aliphatic heterocycles. The van der Waals surface area contributed by atoms with Gasteiger partial charge in [0.05, 0.1) is 6.61 Å². The van der Waals surface area contributed by atoms with Crippen molar-refractivity contribution in [1.29, 1.82) is 0 Å². The van der Waals surface area contributed by atoms with E-state index in [1.165, 1.54) is 12.3 Å². The number of aliphatic hydroxyl groups excluding tert-OH is 3. The van der Waals surface area contributed by atoms with Crippen LogP contribution >= 0.6 is 12.4 Å². The van der Waals surface area contributed by atoms with Crippen molar-refractivity contribution in [3.63, 3.8) is 0 Å². The van der Waals surface area contributed by atoms with E-state index in [0.717, 1.165) is 4.57 Å². The molecule has 8 nitrogen and oxygen atoms in total. The monoisotopic (exact) mass is 279 g/mol. The number of ether oxygens (including phenoxy) is 1. The van der Waals surface area contributed by atoms with Gasteiger partial charge < -0.3 is 25.8 Å². The first-order chi connectivity index (χ1) is 8.00. The Kier molecular flexibility index (Phi) is 4.65. The van der Waals surface area contributed by atoms with E-state index in [-0.39, 0.29) is 24.8 Å². The lowest BCUT2D eigenvalue weighted by molar-refractivity contribution is -0.212. The van der Waals surface area contributed by atoms with Crippen LogP contribution in [0.5, 0.6) is 0 Å². The molecule has 2 rings (SSSR count). The van der Waals surface area contributed by atoms with E-state index in [2.05, 4.69) is 4.98 Å². The fourth-order valence-corrected chi connectivity index (χ4v) is 1.66. The summed E-state index contributed by atoms with van der Waals surface area (Å²) in [5, 5.41) is 28.5. The van der Waals surface area contributed by atoms with E-state index < -0.39 is 30.2 Å². The molecular weight excluding hydrogens is 266 g/mol. The zero-order valence-corrected chi connectivity index (χ0v) is 10.0. The van der Waals surface area contributed by atoms with Crippen LogP contribution in [0.15, 0.2) is 17.1 Å². The molecule has 1 aromatic heterocycles. The number of nitrogen functional groups attached to an aromatic ring is 1. The largest absolute Gasteiger partial charge is 0.388 e. The average molecular weight is 280 g/mol. The van der Waals surface area contributed by atoms with Gasteiger partial charge in [0, 0.05) is 6.20 Å². The maximum absolute atomic E-state index is 11.5. The zero-order chi connectivity index (χ0) is 12.6. The number of rotatable bonds is 1. The third-order valence-corrected chi connectivity index (χ3v) is 2.60. The first kappa shape index (κ1) is 14.9. The molecule has 4 atom stereocenters. The molecule has 1 saturated heterocycles. The zero-order valence-electron chi connectivity index (χ0n) is 9.21. The van der Waals surface area contributed by atoms with Gasteiger partial charge in [-0.1, -0.05) is 0 Å². The van der Waals surface area contributed by atoms with Crippen molar-refractivity contribution in [2.24, 2.45) is 0 Å². The quantitative estimate of drug-likeness (QED) is 0.461. The second kappa shape index (κ2) is 5.63. The molecule has 1 aliphatic rings. The third kappa shape index (κ3) is 2.62. The van der Waals surface area contributed by atoms with Crippen LogP contribution in [0, 0.1) is 0 Å². The molecule has 1 fully saturated rings. The van der Waals surface area contributed by atoms with Crippen LogP contribution in [0.2, 0.25) is 0 Å². The number of aliphatic hydroxyl groups is 3. The fourth-order valence-electron chi connectivity index (χ4n) is 1.66. The Morgan fingerprint density at radius 3 is 2.67 bits per heavy atom. The number of nitrogens with zero attached hydrogens (tertiary/aromatic N) is 2. The van der Waals surface area contributed by atoms with Gasteiger partial charge in [-0.05, 0) is 6.07 Å². The normalized spacial score (nSPS) is 31.7.